The van der Waals surface area contributed by atoms with Crippen molar-refractivity contribution < 1.29 is 17.7 Å². The molecule has 9 atom stereocenters. The zero-order valence-electron chi connectivity index (χ0n) is 26.1. The van der Waals surface area contributed by atoms with Crippen LogP contribution in [0.25, 0.3) is 0 Å². The molecule has 0 saturated heterocycles. The third kappa shape index (κ3) is 8.52. The molecule has 0 bridgehead atoms. The molecular formula is C32H62O4Si. The van der Waals surface area contributed by atoms with Crippen molar-refractivity contribution in [3.05, 3.63) is 0 Å². The first-order valence-corrected chi connectivity index (χ1v) is 17.7. The first-order valence-electron chi connectivity index (χ1n) is 16.1. The van der Waals surface area contributed by atoms with Gasteiger partial charge in [0, 0.05) is 6.61 Å². The molecule has 9 unspecified atom stereocenters. The highest BCUT2D eigenvalue weighted by Gasteiger charge is 2.55. The Bertz CT molecular complexity index is 584. The van der Waals surface area contributed by atoms with Crippen LogP contribution in [0.3, 0.4) is 0 Å². The normalized spacial score (nSPS) is 39.3. The van der Waals surface area contributed by atoms with Gasteiger partial charge in [0.2, 0.25) is 0 Å². The van der Waals surface area contributed by atoms with Crippen molar-refractivity contribution >= 4 is 9.05 Å². The molecule has 3 aliphatic rings. The van der Waals surface area contributed by atoms with E-state index in [1.54, 1.807) is 0 Å². The molecule has 0 amide bonds. The Kier molecular flexibility index (Phi) is 12.0. The lowest BCUT2D eigenvalue weighted by Gasteiger charge is -2.47. The minimum atomic E-state index is -3.41. The van der Waals surface area contributed by atoms with Crippen molar-refractivity contribution in [2.75, 3.05) is 6.61 Å². The molecule has 0 radical (unpaired) electrons. The molecule has 37 heavy (non-hydrogen) atoms. The monoisotopic (exact) mass is 538 g/mol. The molecule has 0 aromatic carbocycles. The van der Waals surface area contributed by atoms with Crippen LogP contribution in [-0.4, -0.2) is 34.0 Å². The molecule has 0 heterocycles. The van der Waals surface area contributed by atoms with Gasteiger partial charge in [0.05, 0.1) is 18.3 Å². The molecule has 0 aromatic rings. The van der Waals surface area contributed by atoms with E-state index >= 15 is 0 Å². The lowest BCUT2D eigenvalue weighted by atomic mass is 9.75. The highest BCUT2D eigenvalue weighted by Crippen LogP contribution is 2.43. The molecule has 3 aliphatic carbocycles. The zero-order chi connectivity index (χ0) is 27.3. The number of hydrogen-bond donors (Lipinski definition) is 0. The van der Waals surface area contributed by atoms with E-state index in [-0.39, 0.29) is 18.3 Å². The maximum absolute atomic E-state index is 7.27. The van der Waals surface area contributed by atoms with Crippen LogP contribution in [0, 0.1) is 53.3 Å². The van der Waals surface area contributed by atoms with Crippen LogP contribution in [0.2, 0.25) is 0 Å². The van der Waals surface area contributed by atoms with Crippen LogP contribution >= 0.6 is 0 Å². The second-order valence-corrected chi connectivity index (χ2v) is 16.4. The van der Waals surface area contributed by atoms with Crippen molar-refractivity contribution in [3.63, 3.8) is 0 Å². The summed E-state index contributed by atoms with van der Waals surface area (Å²) >= 11 is 0. The Hall–Kier alpha value is 0.0569. The van der Waals surface area contributed by atoms with E-state index < -0.39 is 9.05 Å². The first kappa shape index (κ1) is 31.6. The molecule has 0 spiro atoms. The fraction of sp³-hybridized carbons (Fsp3) is 1.00. The fourth-order valence-corrected chi connectivity index (χ4v) is 10.3. The third-order valence-corrected chi connectivity index (χ3v) is 12.5. The van der Waals surface area contributed by atoms with Gasteiger partial charge in [-0.3, -0.25) is 0 Å². The average molecular weight is 539 g/mol. The SMILES string of the molecule is CCO[Si](OC1CC(C)CCC1C(C)C)(OC1CC(C)CCC1C(C)C)OC1CC(C)CCC1C(C)C. The van der Waals surface area contributed by atoms with Gasteiger partial charge in [-0.15, -0.1) is 0 Å². The van der Waals surface area contributed by atoms with E-state index in [4.69, 9.17) is 17.7 Å². The van der Waals surface area contributed by atoms with E-state index in [1.165, 1.54) is 38.5 Å². The smallest absolute Gasteiger partial charge is 0.351 e. The highest BCUT2D eigenvalue weighted by molar-refractivity contribution is 6.53. The third-order valence-electron chi connectivity index (χ3n) is 10.1. The first-order chi connectivity index (χ1) is 17.4. The van der Waals surface area contributed by atoms with Gasteiger partial charge in [-0.1, -0.05) is 81.6 Å². The topological polar surface area (TPSA) is 36.9 Å². The molecule has 3 fully saturated rings. The van der Waals surface area contributed by atoms with Crippen LogP contribution in [0.15, 0.2) is 0 Å². The van der Waals surface area contributed by atoms with Crippen LogP contribution in [0.5, 0.6) is 0 Å². The van der Waals surface area contributed by atoms with Gasteiger partial charge in [0.25, 0.3) is 0 Å². The zero-order valence-corrected chi connectivity index (χ0v) is 27.1. The van der Waals surface area contributed by atoms with E-state index in [9.17, 15) is 0 Å². The van der Waals surface area contributed by atoms with Crippen molar-refractivity contribution in [1.29, 1.82) is 0 Å². The summed E-state index contributed by atoms with van der Waals surface area (Å²) in [6, 6.07) is 0. The Labute approximate surface area is 231 Å². The number of hydrogen-bond acceptors (Lipinski definition) is 4. The van der Waals surface area contributed by atoms with Crippen molar-refractivity contribution in [3.8, 4) is 0 Å². The predicted molar refractivity (Wildman–Crippen MR) is 156 cm³/mol. The molecule has 3 rings (SSSR count). The Balaban J connectivity index is 1.98. The van der Waals surface area contributed by atoms with Gasteiger partial charge < -0.3 is 17.7 Å². The molecule has 0 aliphatic heterocycles. The molecule has 0 aromatic heterocycles. The Morgan fingerprint density at radius 2 is 0.838 bits per heavy atom. The number of rotatable bonds is 11. The minimum absolute atomic E-state index is 0.152. The average Bonchev–Trinajstić information content (AvgIpc) is 2.78. The van der Waals surface area contributed by atoms with Crippen molar-refractivity contribution in [2.24, 2.45) is 53.3 Å². The lowest BCUT2D eigenvalue weighted by Crippen LogP contribution is -2.59. The van der Waals surface area contributed by atoms with Gasteiger partial charge in [-0.25, -0.2) is 0 Å². The Morgan fingerprint density at radius 1 is 0.541 bits per heavy atom. The second-order valence-electron chi connectivity index (χ2n) is 14.4. The largest absolute Gasteiger partial charge is 0.680 e. The van der Waals surface area contributed by atoms with Gasteiger partial charge in [0.15, 0.2) is 0 Å². The quantitative estimate of drug-likeness (QED) is 0.246. The summed E-state index contributed by atoms with van der Waals surface area (Å²) < 4.78 is 28.5. The summed E-state index contributed by atoms with van der Waals surface area (Å²) in [5.74, 6) is 5.37. The van der Waals surface area contributed by atoms with Crippen LogP contribution in [-0.2, 0) is 17.7 Å². The van der Waals surface area contributed by atoms with Crippen LogP contribution in [0.1, 0.15) is 127 Å². The van der Waals surface area contributed by atoms with Gasteiger partial charge in [0.1, 0.15) is 0 Å². The van der Waals surface area contributed by atoms with Crippen molar-refractivity contribution in [2.45, 2.75) is 145 Å². The van der Waals surface area contributed by atoms with Gasteiger partial charge in [-0.2, -0.15) is 0 Å². The van der Waals surface area contributed by atoms with Crippen LogP contribution in [0.4, 0.5) is 0 Å². The van der Waals surface area contributed by atoms with E-state index in [0.717, 1.165) is 19.3 Å². The lowest BCUT2D eigenvalue weighted by molar-refractivity contribution is -0.142. The summed E-state index contributed by atoms with van der Waals surface area (Å²) in [6.45, 7) is 24.0. The maximum Gasteiger partial charge on any atom is 0.680 e. The van der Waals surface area contributed by atoms with Gasteiger partial charge in [-0.05, 0) is 98.7 Å². The molecule has 4 nitrogen and oxygen atoms in total. The second kappa shape index (κ2) is 14.1. The highest BCUT2D eigenvalue weighted by atomic mass is 28.4. The van der Waals surface area contributed by atoms with E-state index in [1.807, 2.05) is 0 Å². The van der Waals surface area contributed by atoms with E-state index in [0.29, 0.717) is 59.9 Å². The van der Waals surface area contributed by atoms with Crippen LogP contribution < -0.4 is 0 Å². The Morgan fingerprint density at radius 3 is 1.08 bits per heavy atom. The maximum atomic E-state index is 7.27. The summed E-state index contributed by atoms with van der Waals surface area (Å²) in [4.78, 5) is 0. The minimum Gasteiger partial charge on any atom is -0.351 e. The molecule has 0 N–H and O–H groups in total. The fourth-order valence-electron chi connectivity index (χ4n) is 7.67. The summed E-state index contributed by atoms with van der Waals surface area (Å²) in [5, 5.41) is 0. The molecule has 218 valence electrons. The standard InChI is InChI=1S/C32H62O4Si/c1-11-33-37(34-30-18-24(8)12-15-27(30)21(2)3,35-31-19-25(9)13-16-28(31)22(4)5)36-32-20-26(10)14-17-29(32)23(6)7/h21-32H,11-20H2,1-10H3. The molecular weight excluding hydrogens is 476 g/mol. The van der Waals surface area contributed by atoms with Gasteiger partial charge >= 0.3 is 9.05 Å². The summed E-state index contributed by atoms with van der Waals surface area (Å²) in [7, 11) is -3.41. The molecule has 5 heteroatoms. The van der Waals surface area contributed by atoms with E-state index in [2.05, 4.69) is 69.2 Å². The molecule has 3 saturated carbocycles. The van der Waals surface area contributed by atoms with Crippen molar-refractivity contribution in [1.82, 2.24) is 0 Å². The summed E-state index contributed by atoms with van der Waals surface area (Å²) in [5.41, 5.74) is 0. The summed E-state index contributed by atoms with van der Waals surface area (Å²) in [6.07, 6.45) is 11.3. The predicted octanol–water partition coefficient (Wildman–Crippen LogP) is 8.89.